The van der Waals surface area contributed by atoms with Crippen molar-refractivity contribution in [2.75, 3.05) is 19.6 Å². The molecular weight excluding hydrogens is 286 g/mol. The molecule has 0 saturated carbocycles. The molecule has 0 aromatic carbocycles. The van der Waals surface area contributed by atoms with E-state index in [1.165, 1.54) is 0 Å². The molecule has 2 amide bonds. The normalized spacial score (nSPS) is 11.2. The average Bonchev–Trinajstić information content (AvgIpc) is 2.32. The molecule has 4 nitrogen and oxygen atoms in total. The van der Waals surface area contributed by atoms with Crippen molar-refractivity contribution in [1.29, 1.82) is 0 Å². The third-order valence-corrected chi connectivity index (χ3v) is 3.54. The number of urea groups is 1. The standard InChI is InChI=1S/C16H35N3O.ClH/c1-9-17(10-2)18(12-11-13(3)4)16(20)19(14(5)6)15(7)8;/h13-15H,9-12H2,1-8H3;1H. The van der Waals surface area contributed by atoms with Crippen LogP contribution in [-0.2, 0) is 0 Å². The van der Waals surface area contributed by atoms with Crippen LogP contribution in [0.3, 0.4) is 0 Å². The van der Waals surface area contributed by atoms with E-state index < -0.39 is 0 Å². The molecule has 0 unspecified atom stereocenters. The van der Waals surface area contributed by atoms with Gasteiger partial charge in [-0.25, -0.2) is 9.80 Å². The Morgan fingerprint density at radius 1 is 0.905 bits per heavy atom. The van der Waals surface area contributed by atoms with Gasteiger partial charge >= 0.3 is 6.03 Å². The fourth-order valence-corrected chi connectivity index (χ4v) is 2.47. The molecule has 0 aromatic heterocycles. The number of carbonyl (C=O) groups is 1. The van der Waals surface area contributed by atoms with Gasteiger partial charge < -0.3 is 4.90 Å². The van der Waals surface area contributed by atoms with Gasteiger partial charge in [0.05, 0.1) is 0 Å². The lowest BCUT2D eigenvalue weighted by molar-refractivity contribution is -0.00532. The zero-order chi connectivity index (χ0) is 15.9. The summed E-state index contributed by atoms with van der Waals surface area (Å²) in [5, 5.41) is 4.09. The molecule has 0 fully saturated rings. The highest BCUT2D eigenvalue weighted by atomic mass is 35.5. The first-order valence-electron chi connectivity index (χ1n) is 8.10. The molecule has 0 N–H and O–H groups in total. The number of rotatable bonds is 8. The molecule has 0 atom stereocenters. The van der Waals surface area contributed by atoms with Crippen LogP contribution in [0, 0.1) is 5.92 Å². The van der Waals surface area contributed by atoms with Crippen LogP contribution in [0.4, 0.5) is 4.79 Å². The van der Waals surface area contributed by atoms with Gasteiger partial charge in [-0.2, -0.15) is 0 Å². The van der Waals surface area contributed by atoms with Gasteiger partial charge in [-0.1, -0.05) is 27.7 Å². The molecule has 0 aliphatic carbocycles. The number of halogens is 1. The highest BCUT2D eigenvalue weighted by Gasteiger charge is 2.28. The van der Waals surface area contributed by atoms with Crippen molar-refractivity contribution in [3.8, 4) is 0 Å². The summed E-state index contributed by atoms with van der Waals surface area (Å²) < 4.78 is 0. The summed E-state index contributed by atoms with van der Waals surface area (Å²) >= 11 is 0. The van der Waals surface area contributed by atoms with E-state index in [1.807, 2.05) is 9.91 Å². The van der Waals surface area contributed by atoms with Gasteiger partial charge in [-0.05, 0) is 40.0 Å². The molecule has 0 heterocycles. The summed E-state index contributed by atoms with van der Waals surface area (Å²) in [6.45, 7) is 19.5. The van der Waals surface area contributed by atoms with E-state index in [-0.39, 0.29) is 30.5 Å². The number of hydrogen-bond acceptors (Lipinski definition) is 2. The van der Waals surface area contributed by atoms with Crippen LogP contribution >= 0.6 is 12.4 Å². The van der Waals surface area contributed by atoms with Gasteiger partial charge in [0, 0.05) is 31.7 Å². The van der Waals surface area contributed by atoms with Crippen LogP contribution in [0.2, 0.25) is 0 Å². The van der Waals surface area contributed by atoms with Crippen molar-refractivity contribution in [3.63, 3.8) is 0 Å². The molecule has 0 spiro atoms. The maximum absolute atomic E-state index is 12.9. The fraction of sp³-hybridized carbons (Fsp3) is 0.938. The summed E-state index contributed by atoms with van der Waals surface area (Å²) in [6.07, 6.45) is 1.03. The first kappa shape index (κ1) is 22.8. The smallest absolute Gasteiger partial charge is 0.319 e. The molecule has 0 aliphatic heterocycles. The quantitative estimate of drug-likeness (QED) is 0.625. The molecule has 21 heavy (non-hydrogen) atoms. The van der Waals surface area contributed by atoms with Gasteiger partial charge in [0.25, 0.3) is 0 Å². The number of hydrogen-bond donors (Lipinski definition) is 0. The summed E-state index contributed by atoms with van der Waals surface area (Å²) in [6, 6.07) is 0.582. The van der Waals surface area contributed by atoms with Crippen molar-refractivity contribution in [1.82, 2.24) is 14.9 Å². The average molecular weight is 322 g/mol. The first-order valence-corrected chi connectivity index (χ1v) is 8.10. The van der Waals surface area contributed by atoms with Crippen molar-refractivity contribution in [2.45, 2.75) is 73.9 Å². The maximum atomic E-state index is 12.9. The Morgan fingerprint density at radius 2 is 1.33 bits per heavy atom. The van der Waals surface area contributed by atoms with Gasteiger partial charge in [-0.15, -0.1) is 12.4 Å². The Balaban J connectivity index is 0. The van der Waals surface area contributed by atoms with Crippen molar-refractivity contribution >= 4 is 18.4 Å². The van der Waals surface area contributed by atoms with Crippen LogP contribution < -0.4 is 0 Å². The predicted molar refractivity (Wildman–Crippen MR) is 93.8 cm³/mol. The highest BCUT2D eigenvalue weighted by molar-refractivity contribution is 5.85. The lowest BCUT2D eigenvalue weighted by Gasteiger charge is -2.40. The van der Waals surface area contributed by atoms with E-state index in [9.17, 15) is 4.79 Å². The van der Waals surface area contributed by atoms with Crippen LogP contribution in [0.25, 0.3) is 0 Å². The van der Waals surface area contributed by atoms with Crippen molar-refractivity contribution < 1.29 is 4.79 Å². The topological polar surface area (TPSA) is 26.8 Å². The number of hydrazine groups is 1. The Kier molecular flexibility index (Phi) is 12.1. The molecule has 0 aliphatic rings. The Morgan fingerprint density at radius 3 is 1.62 bits per heavy atom. The Hall–Kier alpha value is -0.480. The molecule has 0 saturated heterocycles. The van der Waals surface area contributed by atoms with E-state index in [0.29, 0.717) is 5.92 Å². The summed E-state index contributed by atoms with van der Waals surface area (Å²) in [4.78, 5) is 14.9. The van der Waals surface area contributed by atoms with Crippen LogP contribution in [-0.4, -0.2) is 52.7 Å². The lowest BCUT2D eigenvalue weighted by atomic mass is 10.1. The third kappa shape index (κ3) is 7.37. The summed E-state index contributed by atoms with van der Waals surface area (Å²) in [7, 11) is 0. The monoisotopic (exact) mass is 321 g/mol. The molecule has 128 valence electrons. The minimum absolute atomic E-state index is 0. The largest absolute Gasteiger partial charge is 0.334 e. The molecule has 0 bridgehead atoms. The molecule has 5 heteroatoms. The van der Waals surface area contributed by atoms with E-state index >= 15 is 0 Å². The van der Waals surface area contributed by atoms with E-state index in [1.54, 1.807) is 0 Å². The van der Waals surface area contributed by atoms with Crippen LogP contribution in [0.5, 0.6) is 0 Å². The second-order valence-corrected chi connectivity index (χ2v) is 6.32. The van der Waals surface area contributed by atoms with Gasteiger partial charge in [0.15, 0.2) is 0 Å². The zero-order valence-corrected chi connectivity index (χ0v) is 16.0. The Bertz CT molecular complexity index is 271. The maximum Gasteiger partial charge on any atom is 0.334 e. The highest BCUT2D eigenvalue weighted by Crippen LogP contribution is 2.14. The van der Waals surface area contributed by atoms with Crippen LogP contribution in [0.15, 0.2) is 0 Å². The molecule has 0 aromatic rings. The summed E-state index contributed by atoms with van der Waals surface area (Å²) in [5.74, 6) is 0.604. The first-order chi connectivity index (χ1) is 9.26. The van der Waals surface area contributed by atoms with Gasteiger partial charge in [-0.3, -0.25) is 5.01 Å². The second kappa shape index (κ2) is 11.1. The van der Waals surface area contributed by atoms with E-state index in [0.717, 1.165) is 26.1 Å². The fourth-order valence-electron chi connectivity index (χ4n) is 2.47. The van der Waals surface area contributed by atoms with Crippen molar-refractivity contribution in [3.05, 3.63) is 0 Å². The lowest BCUT2D eigenvalue weighted by Crippen LogP contribution is -2.56. The zero-order valence-electron chi connectivity index (χ0n) is 15.2. The molecule has 0 radical (unpaired) electrons. The minimum Gasteiger partial charge on any atom is -0.319 e. The second-order valence-electron chi connectivity index (χ2n) is 6.32. The predicted octanol–water partition coefficient (Wildman–Crippen LogP) is 4.25. The van der Waals surface area contributed by atoms with Crippen molar-refractivity contribution in [2.24, 2.45) is 5.92 Å². The number of carbonyl (C=O) groups excluding carboxylic acids is 1. The van der Waals surface area contributed by atoms with Gasteiger partial charge in [0.2, 0.25) is 0 Å². The SMILES string of the molecule is CCN(CC)N(CCC(C)C)C(=O)N(C(C)C)C(C)C.Cl. The molecule has 0 rings (SSSR count). The Labute approximate surface area is 138 Å². The number of amides is 2. The van der Waals surface area contributed by atoms with Crippen LogP contribution in [0.1, 0.15) is 61.8 Å². The third-order valence-electron chi connectivity index (χ3n) is 3.54. The van der Waals surface area contributed by atoms with Gasteiger partial charge in [0.1, 0.15) is 0 Å². The number of nitrogens with zero attached hydrogens (tertiary/aromatic N) is 3. The summed E-state index contributed by atoms with van der Waals surface area (Å²) in [5.41, 5.74) is 0. The molecular formula is C16H36ClN3O. The minimum atomic E-state index is 0. The van der Waals surface area contributed by atoms with E-state index in [2.05, 4.69) is 60.4 Å². The van der Waals surface area contributed by atoms with E-state index in [4.69, 9.17) is 0 Å².